The Morgan fingerprint density at radius 2 is 2.31 bits per heavy atom. The number of hydrogen-bond donors (Lipinski definition) is 1. The van der Waals surface area contributed by atoms with Crippen LogP contribution in [0.1, 0.15) is 26.6 Å². The second-order valence-electron chi connectivity index (χ2n) is 4.70. The van der Waals surface area contributed by atoms with Crippen molar-refractivity contribution in [2.75, 3.05) is 0 Å². The van der Waals surface area contributed by atoms with E-state index >= 15 is 0 Å². The summed E-state index contributed by atoms with van der Waals surface area (Å²) in [4.78, 5) is 0. The van der Waals surface area contributed by atoms with E-state index in [1.807, 2.05) is 6.33 Å². The lowest BCUT2D eigenvalue weighted by molar-refractivity contribution is 0.217. The van der Waals surface area contributed by atoms with Gasteiger partial charge in [-0.05, 0) is 5.41 Å². The highest BCUT2D eigenvalue weighted by atomic mass is 15.3. The maximum absolute atomic E-state index is 4.02. The van der Waals surface area contributed by atoms with E-state index in [1.165, 1.54) is 0 Å². The quantitative estimate of drug-likeness (QED) is 0.642. The summed E-state index contributed by atoms with van der Waals surface area (Å²) in [5.74, 6) is 1.04. The Hall–Kier alpha value is -0.900. The molecule has 4 nitrogen and oxygen atoms in total. The molecule has 0 radical (unpaired) electrons. The van der Waals surface area contributed by atoms with Crippen LogP contribution in [0, 0.1) is 5.41 Å². The number of rotatable bonds is 0. The summed E-state index contributed by atoms with van der Waals surface area (Å²) in [5, 5.41) is 11.4. The maximum Gasteiger partial charge on any atom is 0.146 e. The van der Waals surface area contributed by atoms with Gasteiger partial charge in [0.05, 0.1) is 6.54 Å². The lowest BCUT2D eigenvalue weighted by Crippen LogP contribution is -2.46. The van der Waals surface area contributed by atoms with Gasteiger partial charge < -0.3 is 9.88 Å². The van der Waals surface area contributed by atoms with Crippen LogP contribution in [0.5, 0.6) is 0 Å². The van der Waals surface area contributed by atoms with Gasteiger partial charge in [-0.3, -0.25) is 0 Å². The average molecular weight is 180 g/mol. The van der Waals surface area contributed by atoms with Crippen LogP contribution in [0.15, 0.2) is 6.33 Å². The Kier molecular flexibility index (Phi) is 1.87. The molecule has 1 aliphatic heterocycles. The molecule has 1 atom stereocenters. The first kappa shape index (κ1) is 8.69. The number of hydrogen-bond acceptors (Lipinski definition) is 3. The fourth-order valence-electron chi connectivity index (χ4n) is 1.62. The molecule has 4 heteroatoms. The van der Waals surface area contributed by atoms with E-state index in [4.69, 9.17) is 0 Å². The first-order valence-electron chi connectivity index (χ1n) is 4.67. The van der Waals surface area contributed by atoms with Crippen molar-refractivity contribution >= 4 is 0 Å². The molecule has 0 aromatic carbocycles. The standard InChI is InChI=1S/C9H16N4/c1-9(2,3)7-5-13-6-11-12-8(13)4-10-7/h6-7,10H,4-5H2,1-3H3. The molecular formula is C9H16N4. The van der Waals surface area contributed by atoms with E-state index in [0.29, 0.717) is 11.5 Å². The molecule has 1 aliphatic rings. The van der Waals surface area contributed by atoms with E-state index in [0.717, 1.165) is 18.9 Å². The van der Waals surface area contributed by atoms with Gasteiger partial charge >= 0.3 is 0 Å². The Morgan fingerprint density at radius 1 is 1.54 bits per heavy atom. The number of aromatic nitrogens is 3. The van der Waals surface area contributed by atoms with Gasteiger partial charge in [-0.1, -0.05) is 20.8 Å². The molecule has 0 spiro atoms. The molecule has 0 saturated carbocycles. The van der Waals surface area contributed by atoms with Crippen LogP contribution in [0.4, 0.5) is 0 Å². The van der Waals surface area contributed by atoms with Gasteiger partial charge in [0.1, 0.15) is 12.2 Å². The molecule has 1 N–H and O–H groups in total. The zero-order valence-electron chi connectivity index (χ0n) is 8.41. The van der Waals surface area contributed by atoms with Crippen LogP contribution >= 0.6 is 0 Å². The van der Waals surface area contributed by atoms with Gasteiger partial charge in [-0.2, -0.15) is 0 Å². The second-order valence-corrected chi connectivity index (χ2v) is 4.70. The SMILES string of the molecule is CC(C)(C)C1Cn2cnnc2CN1. The van der Waals surface area contributed by atoms with Crippen molar-refractivity contribution in [1.82, 2.24) is 20.1 Å². The molecule has 0 saturated heterocycles. The normalized spacial score (nSPS) is 22.8. The largest absolute Gasteiger partial charge is 0.315 e. The lowest BCUT2D eigenvalue weighted by atomic mass is 9.86. The molecule has 1 aromatic rings. The van der Waals surface area contributed by atoms with Crippen LogP contribution in [-0.2, 0) is 13.1 Å². The minimum absolute atomic E-state index is 0.294. The Bertz CT molecular complexity index is 297. The maximum atomic E-state index is 4.02. The van der Waals surface area contributed by atoms with Crippen LogP contribution in [0.2, 0.25) is 0 Å². The van der Waals surface area contributed by atoms with Crippen LogP contribution in [0.3, 0.4) is 0 Å². The van der Waals surface area contributed by atoms with E-state index in [1.54, 1.807) is 0 Å². The van der Waals surface area contributed by atoms with E-state index in [2.05, 4.69) is 40.9 Å². The third-order valence-electron chi connectivity index (χ3n) is 2.63. The first-order valence-corrected chi connectivity index (χ1v) is 4.67. The highest BCUT2D eigenvalue weighted by Crippen LogP contribution is 2.23. The summed E-state index contributed by atoms with van der Waals surface area (Å²) >= 11 is 0. The summed E-state index contributed by atoms with van der Waals surface area (Å²) in [6.07, 6.45) is 1.81. The van der Waals surface area contributed by atoms with Gasteiger partial charge in [-0.15, -0.1) is 10.2 Å². The van der Waals surface area contributed by atoms with Gasteiger partial charge in [0, 0.05) is 12.6 Å². The summed E-state index contributed by atoms with van der Waals surface area (Å²) in [6, 6.07) is 0.510. The number of nitrogens with zero attached hydrogens (tertiary/aromatic N) is 3. The van der Waals surface area contributed by atoms with Crippen LogP contribution in [-0.4, -0.2) is 20.8 Å². The van der Waals surface area contributed by atoms with Gasteiger partial charge in [0.2, 0.25) is 0 Å². The molecule has 13 heavy (non-hydrogen) atoms. The smallest absolute Gasteiger partial charge is 0.146 e. The summed E-state index contributed by atoms with van der Waals surface area (Å²) < 4.78 is 2.13. The molecule has 0 amide bonds. The first-order chi connectivity index (χ1) is 6.07. The molecule has 0 bridgehead atoms. The summed E-state index contributed by atoms with van der Waals surface area (Å²) in [5.41, 5.74) is 0.294. The van der Waals surface area contributed by atoms with Gasteiger partial charge in [0.25, 0.3) is 0 Å². The summed E-state index contributed by atoms with van der Waals surface area (Å²) in [6.45, 7) is 8.56. The van der Waals surface area contributed by atoms with Crippen LogP contribution in [0.25, 0.3) is 0 Å². The zero-order chi connectivity index (χ0) is 9.47. The minimum atomic E-state index is 0.294. The highest BCUT2D eigenvalue weighted by molar-refractivity contribution is 4.95. The molecule has 2 rings (SSSR count). The molecule has 1 unspecified atom stereocenters. The highest BCUT2D eigenvalue weighted by Gasteiger charge is 2.28. The topological polar surface area (TPSA) is 42.7 Å². The Morgan fingerprint density at radius 3 is 3.00 bits per heavy atom. The van der Waals surface area contributed by atoms with Crippen molar-refractivity contribution in [3.05, 3.63) is 12.2 Å². The molecule has 2 heterocycles. The predicted octanol–water partition coefficient (Wildman–Crippen LogP) is 0.796. The van der Waals surface area contributed by atoms with E-state index in [-0.39, 0.29) is 0 Å². The van der Waals surface area contributed by atoms with Crippen molar-refractivity contribution in [1.29, 1.82) is 0 Å². The molecule has 72 valence electrons. The fourth-order valence-corrected chi connectivity index (χ4v) is 1.62. The van der Waals surface area contributed by atoms with Crippen molar-refractivity contribution in [3.63, 3.8) is 0 Å². The Balaban J connectivity index is 2.18. The minimum Gasteiger partial charge on any atom is -0.315 e. The van der Waals surface area contributed by atoms with Gasteiger partial charge in [-0.25, -0.2) is 0 Å². The fraction of sp³-hybridized carbons (Fsp3) is 0.778. The molecule has 0 aliphatic carbocycles. The molecular weight excluding hydrogens is 164 g/mol. The molecule has 1 aromatic heterocycles. The third-order valence-corrected chi connectivity index (χ3v) is 2.63. The predicted molar refractivity (Wildman–Crippen MR) is 50.1 cm³/mol. The second kappa shape index (κ2) is 2.80. The average Bonchev–Trinajstić information content (AvgIpc) is 2.47. The number of fused-ring (bicyclic) bond motifs is 1. The van der Waals surface area contributed by atoms with Gasteiger partial charge in [0.15, 0.2) is 0 Å². The molecule has 0 fully saturated rings. The zero-order valence-corrected chi connectivity index (χ0v) is 8.41. The number of nitrogens with one attached hydrogen (secondary N) is 1. The van der Waals surface area contributed by atoms with Crippen molar-refractivity contribution < 1.29 is 0 Å². The van der Waals surface area contributed by atoms with E-state index < -0.39 is 0 Å². The van der Waals surface area contributed by atoms with Crippen LogP contribution < -0.4 is 5.32 Å². The lowest BCUT2D eigenvalue weighted by Gasteiger charge is -2.34. The van der Waals surface area contributed by atoms with Crippen molar-refractivity contribution in [2.45, 2.75) is 39.9 Å². The van der Waals surface area contributed by atoms with Crippen molar-refractivity contribution in [2.24, 2.45) is 5.41 Å². The van der Waals surface area contributed by atoms with E-state index in [9.17, 15) is 0 Å². The van der Waals surface area contributed by atoms with Crippen molar-refractivity contribution in [3.8, 4) is 0 Å². The monoisotopic (exact) mass is 180 g/mol. The Labute approximate surface area is 78.4 Å². The summed E-state index contributed by atoms with van der Waals surface area (Å²) in [7, 11) is 0. The third kappa shape index (κ3) is 1.58.